The maximum absolute atomic E-state index is 8.26. The number of ether oxygens (including phenoxy) is 3. The predicted molar refractivity (Wildman–Crippen MR) is 44.9 cm³/mol. The molecule has 0 aliphatic heterocycles. The molecular formula is C6H16CaO5. The molecule has 0 aromatic rings. The molecule has 0 atom stereocenters. The smallest absolute Gasteiger partial charge is 1.00 e. The Balaban J connectivity index is -0.000000167. The van der Waals surface area contributed by atoms with Crippen LogP contribution in [0.15, 0.2) is 0 Å². The second kappa shape index (κ2) is 14.6. The summed E-state index contributed by atoms with van der Waals surface area (Å²) in [5.41, 5.74) is 0. The van der Waals surface area contributed by atoms with Crippen molar-refractivity contribution >= 4 is 37.7 Å². The second-order valence-electron chi connectivity index (χ2n) is 1.70. The molecule has 0 fully saturated rings. The molecule has 0 aliphatic carbocycles. The molecule has 0 aromatic heterocycles. The molecule has 12 heavy (non-hydrogen) atoms. The molecule has 0 aromatic carbocycles. The minimum absolute atomic E-state index is 0. The SMILES string of the molecule is OCCOCOCOCCO.[Ca+2].[H-].[H-]. The van der Waals surface area contributed by atoms with Crippen LogP contribution < -0.4 is 0 Å². The van der Waals surface area contributed by atoms with Gasteiger partial charge in [-0.1, -0.05) is 0 Å². The molecule has 0 bridgehead atoms. The molecule has 0 amide bonds. The molecule has 72 valence electrons. The van der Waals surface area contributed by atoms with E-state index in [2.05, 4.69) is 0 Å². The monoisotopic (exact) mass is 208 g/mol. The Labute approximate surface area is 105 Å². The van der Waals surface area contributed by atoms with Gasteiger partial charge in [0.25, 0.3) is 0 Å². The zero-order chi connectivity index (χ0) is 8.36. The van der Waals surface area contributed by atoms with E-state index >= 15 is 0 Å². The zero-order valence-corrected chi connectivity index (χ0v) is 9.28. The van der Waals surface area contributed by atoms with Crippen molar-refractivity contribution < 1.29 is 27.3 Å². The first kappa shape index (κ1) is 15.5. The summed E-state index contributed by atoms with van der Waals surface area (Å²) < 4.78 is 14.3. The molecule has 0 rings (SSSR count). The predicted octanol–water partition coefficient (Wildman–Crippen LogP) is -1.22. The van der Waals surface area contributed by atoms with Crippen LogP contribution in [0.25, 0.3) is 0 Å². The van der Waals surface area contributed by atoms with Crippen LogP contribution in [0.1, 0.15) is 2.85 Å². The Morgan fingerprint density at radius 2 is 1.25 bits per heavy atom. The molecule has 0 spiro atoms. The van der Waals surface area contributed by atoms with Crippen molar-refractivity contribution in [2.45, 2.75) is 0 Å². The molecule has 0 radical (unpaired) electrons. The summed E-state index contributed by atoms with van der Waals surface area (Å²) in [4.78, 5) is 0. The van der Waals surface area contributed by atoms with Crippen LogP contribution in [0, 0.1) is 0 Å². The van der Waals surface area contributed by atoms with Gasteiger partial charge in [0.1, 0.15) is 13.6 Å². The Hall–Kier alpha value is 1.06. The summed E-state index contributed by atoms with van der Waals surface area (Å²) in [5.74, 6) is 0. The van der Waals surface area contributed by atoms with E-state index in [-0.39, 0.29) is 80.6 Å². The molecular weight excluding hydrogens is 192 g/mol. The van der Waals surface area contributed by atoms with Crippen LogP contribution in [0.5, 0.6) is 0 Å². The minimum Gasteiger partial charge on any atom is -1.00 e. The first-order valence-corrected chi connectivity index (χ1v) is 3.36. The third-order valence-corrected chi connectivity index (χ3v) is 0.805. The number of hydrogen-bond donors (Lipinski definition) is 2. The van der Waals surface area contributed by atoms with Gasteiger partial charge in [0.2, 0.25) is 0 Å². The Kier molecular flexibility index (Phi) is 18.9. The van der Waals surface area contributed by atoms with E-state index in [1.54, 1.807) is 0 Å². The fourth-order valence-corrected chi connectivity index (χ4v) is 0.399. The number of hydrogen-bond acceptors (Lipinski definition) is 5. The fraction of sp³-hybridized carbons (Fsp3) is 1.00. The number of aliphatic hydroxyl groups excluding tert-OH is 2. The molecule has 6 heteroatoms. The first-order chi connectivity index (χ1) is 5.41. The maximum Gasteiger partial charge on any atom is 2.00 e. The van der Waals surface area contributed by atoms with Gasteiger partial charge >= 0.3 is 37.7 Å². The average molecular weight is 208 g/mol. The van der Waals surface area contributed by atoms with Gasteiger partial charge in [0.15, 0.2) is 0 Å². The number of rotatable bonds is 8. The third kappa shape index (κ3) is 13.6. The molecule has 5 nitrogen and oxygen atoms in total. The van der Waals surface area contributed by atoms with Gasteiger partial charge < -0.3 is 27.3 Å². The third-order valence-electron chi connectivity index (χ3n) is 0.805. The Morgan fingerprint density at radius 1 is 0.833 bits per heavy atom. The van der Waals surface area contributed by atoms with E-state index in [0.29, 0.717) is 0 Å². The second-order valence-corrected chi connectivity index (χ2v) is 1.70. The Bertz CT molecular complexity index is 73.2. The van der Waals surface area contributed by atoms with Gasteiger partial charge in [-0.25, -0.2) is 0 Å². The van der Waals surface area contributed by atoms with E-state index in [0.717, 1.165) is 0 Å². The van der Waals surface area contributed by atoms with Crippen LogP contribution in [0.4, 0.5) is 0 Å². The van der Waals surface area contributed by atoms with Gasteiger partial charge in [0.05, 0.1) is 26.4 Å². The van der Waals surface area contributed by atoms with E-state index in [4.69, 9.17) is 24.4 Å². The zero-order valence-electron chi connectivity index (χ0n) is 9.07. The van der Waals surface area contributed by atoms with E-state index in [9.17, 15) is 0 Å². The summed E-state index contributed by atoms with van der Waals surface area (Å²) in [6.45, 7) is 0.708. The summed E-state index contributed by atoms with van der Waals surface area (Å²) in [7, 11) is 0. The topological polar surface area (TPSA) is 68.2 Å². The molecule has 2 N–H and O–H groups in total. The summed E-state index contributed by atoms with van der Waals surface area (Å²) in [6, 6.07) is 0. The molecule has 0 unspecified atom stereocenters. The van der Waals surface area contributed by atoms with Gasteiger partial charge in [-0.15, -0.1) is 0 Å². The largest absolute Gasteiger partial charge is 2.00 e. The van der Waals surface area contributed by atoms with Gasteiger partial charge in [-0.05, 0) is 0 Å². The maximum atomic E-state index is 8.26. The molecule has 0 heterocycles. The van der Waals surface area contributed by atoms with Crippen molar-refractivity contribution in [1.29, 1.82) is 0 Å². The van der Waals surface area contributed by atoms with E-state index in [1.807, 2.05) is 0 Å². The summed E-state index contributed by atoms with van der Waals surface area (Å²) >= 11 is 0. The van der Waals surface area contributed by atoms with Crippen molar-refractivity contribution in [2.75, 3.05) is 40.0 Å². The first-order valence-electron chi connectivity index (χ1n) is 3.36. The van der Waals surface area contributed by atoms with Gasteiger partial charge in [0, 0.05) is 0 Å². The molecule has 0 saturated carbocycles. The van der Waals surface area contributed by atoms with Crippen molar-refractivity contribution in [3.8, 4) is 0 Å². The van der Waals surface area contributed by atoms with Crippen LogP contribution in [-0.4, -0.2) is 88.0 Å². The summed E-state index contributed by atoms with van der Waals surface area (Å²) in [5, 5.41) is 16.5. The normalized spacial score (nSPS) is 9.50. The minimum atomic E-state index is -0.0130. The van der Waals surface area contributed by atoms with E-state index in [1.165, 1.54) is 0 Å². The van der Waals surface area contributed by atoms with Crippen molar-refractivity contribution in [3.05, 3.63) is 0 Å². The van der Waals surface area contributed by atoms with Crippen LogP contribution in [-0.2, 0) is 14.2 Å². The van der Waals surface area contributed by atoms with Crippen LogP contribution >= 0.6 is 0 Å². The molecule has 0 aliphatic rings. The fourth-order valence-electron chi connectivity index (χ4n) is 0.399. The van der Waals surface area contributed by atoms with Crippen molar-refractivity contribution in [1.82, 2.24) is 0 Å². The van der Waals surface area contributed by atoms with Crippen molar-refractivity contribution in [2.24, 2.45) is 0 Å². The summed E-state index contributed by atoms with van der Waals surface area (Å²) in [6.07, 6.45) is 0. The van der Waals surface area contributed by atoms with Crippen LogP contribution in [0.2, 0.25) is 0 Å². The standard InChI is InChI=1S/C6H14O5.Ca.2H/c7-1-3-9-5-11-6-10-4-2-8;;;/h7-8H,1-6H2;;;/q;+2;2*-1. The van der Waals surface area contributed by atoms with Crippen molar-refractivity contribution in [3.63, 3.8) is 0 Å². The quantitative estimate of drug-likeness (QED) is 0.297. The Morgan fingerprint density at radius 3 is 1.58 bits per heavy atom. The number of aliphatic hydroxyl groups is 2. The molecule has 0 saturated heterocycles. The van der Waals surface area contributed by atoms with Gasteiger partial charge in [-0.3, -0.25) is 0 Å². The average Bonchev–Trinajstić information content (AvgIpc) is 2.03. The van der Waals surface area contributed by atoms with E-state index < -0.39 is 0 Å². The van der Waals surface area contributed by atoms with Gasteiger partial charge in [-0.2, -0.15) is 0 Å². The van der Waals surface area contributed by atoms with Crippen LogP contribution in [0.3, 0.4) is 0 Å².